The second-order valence-electron chi connectivity index (χ2n) is 13.3. The van der Waals surface area contributed by atoms with E-state index in [1.165, 1.54) is 56.3 Å². The first-order chi connectivity index (χ1) is 25.7. The molecule has 55 heavy (non-hydrogen) atoms. The molecule has 4 aromatic rings. The molecule has 0 bridgehead atoms. The monoisotopic (exact) mass is 778 g/mol. The number of nitrogens with zero attached hydrogens (tertiary/aromatic N) is 1. The van der Waals surface area contributed by atoms with E-state index >= 15 is 0 Å². The number of ether oxygens (including phenoxy) is 2. The summed E-state index contributed by atoms with van der Waals surface area (Å²) in [6.45, 7) is 6.93. The fourth-order valence-electron chi connectivity index (χ4n) is 4.97. The van der Waals surface area contributed by atoms with Gasteiger partial charge < -0.3 is 40.3 Å². The number of anilines is 3. The summed E-state index contributed by atoms with van der Waals surface area (Å²) in [5.74, 6) is -0.0616. The highest BCUT2D eigenvalue weighted by molar-refractivity contribution is 7.92. The molecule has 15 nitrogen and oxygen atoms in total. The molecule has 0 atom stereocenters. The number of carbonyl (C=O) groups excluding carboxylic acids is 4. The lowest BCUT2D eigenvalue weighted by Crippen LogP contribution is -2.27. The number of sulfonamides is 1. The number of amides is 3. The van der Waals surface area contributed by atoms with Crippen LogP contribution < -0.4 is 24.8 Å². The standard InChI is InChI=1S/C20H23NO5.C19H23N3O6S/c1-4-18(24)21-17-10-13(11-22)9-16(19(17)25)20(2,3)12-26-15-7-5-14(23)6-8-15;1-12(23)20-17-11-16(28-19(25)22(2)3)10-14(18(17)24)8-13-6-5-7-15(9-13)21-29(4,26)27/h5-11,23,25H,4,12H2,1-3H3,(H,21,24);5-7,9-11,21,24H,8H2,1-4H3,(H,20,23). The van der Waals surface area contributed by atoms with Crippen LogP contribution in [0.25, 0.3) is 0 Å². The van der Waals surface area contributed by atoms with Crippen LogP contribution >= 0.6 is 0 Å². The Morgan fingerprint density at radius 1 is 0.873 bits per heavy atom. The predicted molar refractivity (Wildman–Crippen MR) is 209 cm³/mol. The van der Waals surface area contributed by atoms with Crippen LogP contribution in [0.4, 0.5) is 21.9 Å². The minimum absolute atomic E-state index is 0.0864. The molecule has 0 heterocycles. The van der Waals surface area contributed by atoms with Crippen LogP contribution in [0.2, 0.25) is 0 Å². The number of rotatable bonds is 13. The maximum absolute atomic E-state index is 11.9. The molecule has 3 amide bonds. The van der Waals surface area contributed by atoms with Crippen molar-refractivity contribution in [2.24, 2.45) is 0 Å². The van der Waals surface area contributed by atoms with Gasteiger partial charge in [-0.05, 0) is 60.2 Å². The molecule has 0 radical (unpaired) electrons. The van der Waals surface area contributed by atoms with Gasteiger partial charge >= 0.3 is 6.09 Å². The molecule has 4 rings (SSSR count). The third kappa shape index (κ3) is 13.3. The molecule has 0 saturated carbocycles. The van der Waals surface area contributed by atoms with Crippen LogP contribution in [-0.4, -0.2) is 79.8 Å². The van der Waals surface area contributed by atoms with Crippen molar-refractivity contribution in [3.63, 3.8) is 0 Å². The van der Waals surface area contributed by atoms with Crippen molar-refractivity contribution in [1.82, 2.24) is 4.90 Å². The van der Waals surface area contributed by atoms with Crippen molar-refractivity contribution < 1.29 is 52.4 Å². The topological polar surface area (TPSA) is 221 Å². The summed E-state index contributed by atoms with van der Waals surface area (Å²) in [4.78, 5) is 47.5. The zero-order valence-electron chi connectivity index (χ0n) is 31.6. The molecule has 0 aliphatic heterocycles. The van der Waals surface area contributed by atoms with Gasteiger partial charge in [-0.15, -0.1) is 0 Å². The second-order valence-corrected chi connectivity index (χ2v) is 15.1. The van der Waals surface area contributed by atoms with Crippen LogP contribution in [0.1, 0.15) is 61.2 Å². The van der Waals surface area contributed by atoms with Crippen molar-refractivity contribution in [3.05, 3.63) is 95.1 Å². The summed E-state index contributed by atoms with van der Waals surface area (Å²) in [5.41, 5.74) is 1.95. The Morgan fingerprint density at radius 2 is 1.53 bits per heavy atom. The Kier molecular flexibility index (Phi) is 14.6. The van der Waals surface area contributed by atoms with Crippen molar-refractivity contribution in [3.8, 4) is 28.7 Å². The largest absolute Gasteiger partial charge is 0.508 e. The zero-order chi connectivity index (χ0) is 41.1. The lowest BCUT2D eigenvalue weighted by molar-refractivity contribution is -0.116. The second kappa shape index (κ2) is 18.6. The first-order valence-electron chi connectivity index (χ1n) is 16.8. The molecule has 4 aromatic carbocycles. The Hall–Kier alpha value is -6.29. The third-order valence-electron chi connectivity index (χ3n) is 7.70. The fourth-order valence-corrected chi connectivity index (χ4v) is 5.53. The molecular weight excluding hydrogens is 733 g/mol. The quantitative estimate of drug-likeness (QED) is 0.0684. The van der Waals surface area contributed by atoms with Gasteiger partial charge in [-0.1, -0.05) is 32.9 Å². The van der Waals surface area contributed by atoms with Gasteiger partial charge in [-0.2, -0.15) is 0 Å². The number of phenolic OH excluding ortho intramolecular Hbond substituents is 3. The highest BCUT2D eigenvalue weighted by Crippen LogP contribution is 2.38. The van der Waals surface area contributed by atoms with E-state index in [9.17, 15) is 42.9 Å². The molecular formula is C39H46N4O11S. The molecule has 0 aromatic heterocycles. The molecule has 294 valence electrons. The number of nitrogens with one attached hydrogen (secondary N) is 3. The Morgan fingerprint density at radius 3 is 2.11 bits per heavy atom. The average Bonchev–Trinajstić information content (AvgIpc) is 3.10. The third-order valence-corrected chi connectivity index (χ3v) is 8.30. The van der Waals surface area contributed by atoms with Gasteiger partial charge in [0.05, 0.1) is 24.2 Å². The molecule has 0 fully saturated rings. The highest BCUT2D eigenvalue weighted by atomic mass is 32.2. The first kappa shape index (κ1) is 43.1. The van der Waals surface area contributed by atoms with Crippen molar-refractivity contribution in [2.45, 2.75) is 46.0 Å². The minimum atomic E-state index is -3.43. The van der Waals surface area contributed by atoms with Crippen LogP contribution in [0, 0.1) is 0 Å². The molecule has 0 aliphatic rings. The average molecular weight is 779 g/mol. The van der Waals surface area contributed by atoms with Crippen molar-refractivity contribution in [1.29, 1.82) is 0 Å². The van der Waals surface area contributed by atoms with Gasteiger partial charge in [0.25, 0.3) is 0 Å². The van der Waals surface area contributed by atoms with Crippen LogP contribution in [-0.2, 0) is 31.4 Å². The SMILES string of the molecule is CC(=O)Nc1cc(OC(=O)N(C)C)cc(Cc2cccc(NS(C)(=O)=O)c2)c1O.CCC(=O)Nc1cc(C=O)cc(C(C)(C)COc2ccc(O)cc2)c1O. The number of aromatic hydroxyl groups is 3. The van der Waals surface area contributed by atoms with Crippen LogP contribution in [0.15, 0.2) is 72.8 Å². The predicted octanol–water partition coefficient (Wildman–Crippen LogP) is 5.99. The number of phenols is 3. The highest BCUT2D eigenvalue weighted by Gasteiger charge is 2.28. The molecule has 0 aliphatic carbocycles. The molecule has 16 heteroatoms. The van der Waals surface area contributed by atoms with E-state index in [4.69, 9.17) is 9.47 Å². The summed E-state index contributed by atoms with van der Waals surface area (Å²) >= 11 is 0. The number of carbonyl (C=O) groups is 4. The van der Waals surface area contributed by atoms with E-state index in [1.54, 1.807) is 49.4 Å². The summed E-state index contributed by atoms with van der Waals surface area (Å²) in [5, 5.41) is 35.6. The molecule has 0 spiro atoms. The first-order valence-corrected chi connectivity index (χ1v) is 18.7. The number of aldehydes is 1. The van der Waals surface area contributed by atoms with Gasteiger partial charge in [0.1, 0.15) is 35.0 Å². The Labute approximate surface area is 320 Å². The van der Waals surface area contributed by atoms with E-state index in [-0.39, 0.29) is 59.7 Å². The molecule has 0 saturated heterocycles. The Balaban J connectivity index is 0.000000297. The van der Waals surface area contributed by atoms with Crippen molar-refractivity contribution in [2.75, 3.05) is 42.3 Å². The molecule has 6 N–H and O–H groups in total. The van der Waals surface area contributed by atoms with Gasteiger partial charge in [0.2, 0.25) is 21.8 Å². The van der Waals surface area contributed by atoms with Crippen LogP contribution in [0.3, 0.4) is 0 Å². The molecule has 0 unspecified atom stereocenters. The Bertz CT molecular complexity index is 2130. The van der Waals surface area contributed by atoms with Gasteiger partial charge in [-0.25, -0.2) is 13.2 Å². The van der Waals surface area contributed by atoms with Crippen LogP contribution in [0.5, 0.6) is 28.7 Å². The summed E-state index contributed by atoms with van der Waals surface area (Å²) in [7, 11) is -0.380. The number of benzene rings is 4. The van der Waals surface area contributed by atoms with E-state index in [0.717, 1.165) is 6.26 Å². The van der Waals surface area contributed by atoms with E-state index in [0.29, 0.717) is 40.0 Å². The summed E-state index contributed by atoms with van der Waals surface area (Å²) in [6.07, 6.45) is 1.56. The summed E-state index contributed by atoms with van der Waals surface area (Å²) in [6, 6.07) is 18.8. The van der Waals surface area contributed by atoms with Gasteiger partial charge in [-0.3, -0.25) is 19.1 Å². The normalized spacial score (nSPS) is 11.0. The zero-order valence-corrected chi connectivity index (χ0v) is 32.4. The lowest BCUT2D eigenvalue weighted by Gasteiger charge is -2.27. The maximum atomic E-state index is 11.9. The smallest absolute Gasteiger partial charge is 0.414 e. The number of hydrogen-bond acceptors (Lipinski definition) is 11. The lowest BCUT2D eigenvalue weighted by atomic mass is 9.83. The van der Waals surface area contributed by atoms with E-state index in [1.807, 2.05) is 13.8 Å². The summed E-state index contributed by atoms with van der Waals surface area (Å²) < 4.78 is 36.3. The van der Waals surface area contributed by atoms with Gasteiger partial charge in [0.15, 0.2) is 0 Å². The van der Waals surface area contributed by atoms with E-state index < -0.39 is 27.4 Å². The maximum Gasteiger partial charge on any atom is 0.414 e. The number of hydrogen-bond donors (Lipinski definition) is 6. The van der Waals surface area contributed by atoms with E-state index in [2.05, 4.69) is 15.4 Å². The fraction of sp³-hybridized carbons (Fsp3) is 0.282. The minimum Gasteiger partial charge on any atom is -0.508 e. The van der Waals surface area contributed by atoms with Crippen molar-refractivity contribution >= 4 is 51.3 Å². The van der Waals surface area contributed by atoms with Gasteiger partial charge in [0, 0.05) is 67.7 Å².